The van der Waals surface area contributed by atoms with Crippen LogP contribution in [-0.2, 0) is 33.8 Å². The largest absolute Gasteiger partial charge is 0.481 e. The van der Waals surface area contributed by atoms with Crippen molar-refractivity contribution >= 4 is 16.0 Å². The van der Waals surface area contributed by atoms with Gasteiger partial charge in [0, 0.05) is 44.5 Å². The van der Waals surface area contributed by atoms with Crippen molar-refractivity contribution in [2.45, 2.75) is 75.1 Å². The van der Waals surface area contributed by atoms with Crippen molar-refractivity contribution in [3.05, 3.63) is 59.4 Å². The number of carboxylic acids is 1. The van der Waals surface area contributed by atoms with E-state index in [2.05, 4.69) is 10.3 Å². The van der Waals surface area contributed by atoms with Gasteiger partial charge in [-0.1, -0.05) is 0 Å². The number of nitrogens with one attached hydrogen (secondary N) is 1. The van der Waals surface area contributed by atoms with Gasteiger partial charge in [-0.25, -0.2) is 8.42 Å². The molecule has 0 saturated heterocycles. The Morgan fingerprint density at radius 3 is 2.32 bits per heavy atom. The fraction of sp³-hybridized carbons (Fsp3) is 0.538. The molecule has 0 spiro atoms. The summed E-state index contributed by atoms with van der Waals surface area (Å²) < 4.78 is 67.3. The number of carboxylic acid groups (broad SMARTS) is 1. The molecule has 0 fully saturated rings. The number of halogens is 3. The van der Waals surface area contributed by atoms with E-state index in [1.807, 2.05) is 26.0 Å². The number of pyridine rings is 1. The predicted molar refractivity (Wildman–Crippen MR) is 137 cm³/mol. The molecular formula is C26H36F3N3O5S. The smallest absolute Gasteiger partial charge is 0.416 e. The number of sulfonamides is 1. The van der Waals surface area contributed by atoms with Crippen LogP contribution in [0.3, 0.4) is 0 Å². The van der Waals surface area contributed by atoms with Gasteiger partial charge in [0.05, 0.1) is 16.6 Å². The number of aliphatic hydroxyl groups is 1. The van der Waals surface area contributed by atoms with Crippen LogP contribution in [-0.4, -0.2) is 65.7 Å². The van der Waals surface area contributed by atoms with Crippen molar-refractivity contribution in [2.24, 2.45) is 0 Å². The number of rotatable bonds is 15. The summed E-state index contributed by atoms with van der Waals surface area (Å²) in [6, 6.07) is 6.41. The molecule has 1 atom stereocenters. The average Bonchev–Trinajstić information content (AvgIpc) is 2.82. The Balaban J connectivity index is 2.01. The van der Waals surface area contributed by atoms with Gasteiger partial charge in [0.1, 0.15) is 0 Å². The van der Waals surface area contributed by atoms with Crippen LogP contribution in [0.4, 0.5) is 13.2 Å². The maximum absolute atomic E-state index is 13.4. The zero-order chi connectivity index (χ0) is 28.6. The molecule has 0 saturated carbocycles. The number of aromatic nitrogens is 1. The van der Waals surface area contributed by atoms with Crippen LogP contribution < -0.4 is 5.32 Å². The molecule has 1 aromatic heterocycles. The van der Waals surface area contributed by atoms with E-state index in [9.17, 15) is 31.5 Å². The van der Waals surface area contributed by atoms with Gasteiger partial charge in [0.25, 0.3) is 0 Å². The zero-order valence-electron chi connectivity index (χ0n) is 21.8. The van der Waals surface area contributed by atoms with Gasteiger partial charge in [-0.3, -0.25) is 9.78 Å². The number of aryl methyl sites for hydroxylation is 2. The van der Waals surface area contributed by atoms with Crippen molar-refractivity contribution in [2.75, 3.05) is 20.1 Å². The van der Waals surface area contributed by atoms with Crippen molar-refractivity contribution in [1.29, 1.82) is 0 Å². The number of aliphatic carboxylic acids is 1. The fourth-order valence-corrected chi connectivity index (χ4v) is 5.27. The summed E-state index contributed by atoms with van der Waals surface area (Å²) in [6.45, 7) is 3.71. The average molecular weight is 560 g/mol. The van der Waals surface area contributed by atoms with E-state index in [0.29, 0.717) is 6.07 Å². The summed E-state index contributed by atoms with van der Waals surface area (Å²) >= 11 is 0. The number of hydrogen-bond donors (Lipinski definition) is 3. The Morgan fingerprint density at radius 2 is 1.71 bits per heavy atom. The van der Waals surface area contributed by atoms with Crippen LogP contribution in [0.15, 0.2) is 47.6 Å². The molecule has 0 aliphatic rings. The summed E-state index contributed by atoms with van der Waals surface area (Å²) in [5, 5.41) is 22.5. The van der Waals surface area contributed by atoms with Crippen molar-refractivity contribution < 1.29 is 36.6 Å². The van der Waals surface area contributed by atoms with E-state index in [1.54, 1.807) is 12.4 Å². The first-order valence-electron chi connectivity index (χ1n) is 12.3. The minimum absolute atomic E-state index is 0.0226. The fourth-order valence-electron chi connectivity index (χ4n) is 3.97. The van der Waals surface area contributed by atoms with Crippen LogP contribution in [0.25, 0.3) is 0 Å². The Bertz CT molecular complexity index is 1160. The Labute approximate surface area is 221 Å². The molecule has 0 amide bonds. The van der Waals surface area contributed by atoms with Gasteiger partial charge in [0.15, 0.2) is 0 Å². The highest BCUT2D eigenvalue weighted by Gasteiger charge is 2.34. The molecule has 0 radical (unpaired) electrons. The number of β-amino-alcohol motifs (C(OH)–C–C–N with tert-alkyl or cyclic N) is 1. The lowest BCUT2D eigenvalue weighted by Crippen LogP contribution is -2.46. The van der Waals surface area contributed by atoms with Crippen LogP contribution >= 0.6 is 0 Å². The standard InChI is InChI=1S/C26H36F3N3O5S/c1-25(2,11-5-7-19-9-12-30-13-10-19)31-17-22(33)18-32(3)38(36,37)23-15-20(6-4-8-24(34)35)14-21(16-23)26(27,28)29/h9-10,12-16,22,31,33H,4-8,11,17-18H2,1-3H3,(H,34,35). The molecule has 212 valence electrons. The molecule has 12 heteroatoms. The summed E-state index contributed by atoms with van der Waals surface area (Å²) in [7, 11) is -3.16. The van der Waals surface area contributed by atoms with Crippen molar-refractivity contribution in [3.63, 3.8) is 0 Å². The zero-order valence-corrected chi connectivity index (χ0v) is 22.6. The summed E-state index contributed by atoms with van der Waals surface area (Å²) in [6.07, 6.45) is -0.0697. The first-order valence-corrected chi connectivity index (χ1v) is 13.8. The summed E-state index contributed by atoms with van der Waals surface area (Å²) in [5.74, 6) is -1.09. The molecule has 0 aliphatic carbocycles. The lowest BCUT2D eigenvalue weighted by molar-refractivity contribution is -0.138. The highest BCUT2D eigenvalue weighted by molar-refractivity contribution is 7.89. The first kappa shape index (κ1) is 31.7. The highest BCUT2D eigenvalue weighted by atomic mass is 32.2. The number of benzene rings is 1. The lowest BCUT2D eigenvalue weighted by atomic mass is 9.95. The molecule has 38 heavy (non-hydrogen) atoms. The van der Waals surface area contributed by atoms with Crippen molar-refractivity contribution in [1.82, 2.24) is 14.6 Å². The number of likely N-dealkylation sites (N-methyl/N-ethyl adjacent to an activating group) is 1. The second kappa shape index (κ2) is 13.5. The molecular weight excluding hydrogens is 523 g/mol. The third-order valence-electron chi connectivity index (χ3n) is 6.16. The van der Waals surface area contributed by atoms with Gasteiger partial charge < -0.3 is 15.5 Å². The maximum atomic E-state index is 13.4. The number of aliphatic hydroxyl groups excluding tert-OH is 1. The topological polar surface area (TPSA) is 120 Å². The SMILES string of the molecule is CN(CC(O)CNC(C)(C)CCCc1ccncc1)S(=O)(=O)c1cc(CCCC(=O)O)cc(C(F)(F)F)c1. The third-order valence-corrected chi connectivity index (χ3v) is 7.96. The quantitative estimate of drug-likeness (QED) is 0.303. The molecule has 1 aromatic carbocycles. The molecule has 2 aromatic rings. The molecule has 3 N–H and O–H groups in total. The molecule has 1 unspecified atom stereocenters. The Morgan fingerprint density at radius 1 is 1.08 bits per heavy atom. The van der Waals surface area contributed by atoms with Gasteiger partial charge in [0.2, 0.25) is 10.0 Å². The van der Waals surface area contributed by atoms with E-state index in [0.717, 1.165) is 35.7 Å². The van der Waals surface area contributed by atoms with Crippen molar-refractivity contribution in [3.8, 4) is 0 Å². The van der Waals surface area contributed by atoms with Gasteiger partial charge in [-0.15, -0.1) is 0 Å². The lowest BCUT2D eigenvalue weighted by Gasteiger charge is -2.29. The predicted octanol–water partition coefficient (Wildman–Crippen LogP) is 3.88. The third kappa shape index (κ3) is 10.3. The van der Waals surface area contributed by atoms with Gasteiger partial charge in [-0.2, -0.15) is 17.5 Å². The minimum atomic E-state index is -4.78. The van der Waals surface area contributed by atoms with E-state index in [4.69, 9.17) is 5.11 Å². The molecule has 8 nitrogen and oxygen atoms in total. The highest BCUT2D eigenvalue weighted by Crippen LogP contribution is 2.33. The number of alkyl halides is 3. The van der Waals surface area contributed by atoms with E-state index < -0.39 is 38.7 Å². The first-order chi connectivity index (χ1) is 17.6. The van der Waals surface area contributed by atoms with E-state index in [-0.39, 0.29) is 43.5 Å². The van der Waals surface area contributed by atoms with Crippen LogP contribution in [0.1, 0.15) is 56.2 Å². The van der Waals surface area contributed by atoms with Gasteiger partial charge in [-0.05, 0) is 87.4 Å². The molecule has 0 bridgehead atoms. The van der Waals surface area contributed by atoms with E-state index in [1.165, 1.54) is 12.6 Å². The number of nitrogens with zero attached hydrogens (tertiary/aromatic N) is 2. The second-order valence-corrected chi connectivity index (χ2v) is 12.1. The minimum Gasteiger partial charge on any atom is -0.481 e. The molecule has 1 heterocycles. The molecule has 0 aliphatic heterocycles. The van der Waals surface area contributed by atoms with Gasteiger partial charge >= 0.3 is 12.1 Å². The van der Waals surface area contributed by atoms with Crippen LogP contribution in [0.5, 0.6) is 0 Å². The van der Waals surface area contributed by atoms with E-state index >= 15 is 0 Å². The number of hydrogen-bond acceptors (Lipinski definition) is 6. The normalized spacial score (nSPS) is 13.6. The summed E-state index contributed by atoms with van der Waals surface area (Å²) in [5.41, 5.74) is -0.226. The van der Waals surface area contributed by atoms with Crippen LogP contribution in [0, 0.1) is 0 Å². The second-order valence-electron chi connectivity index (χ2n) is 10.0. The molecule has 2 rings (SSSR count). The number of carbonyl (C=O) groups is 1. The monoisotopic (exact) mass is 559 g/mol. The Hall–Kier alpha value is -2.54. The van der Waals surface area contributed by atoms with Crippen LogP contribution in [0.2, 0.25) is 0 Å². The summed E-state index contributed by atoms with van der Waals surface area (Å²) in [4.78, 5) is 14.2. The Kier molecular flexibility index (Phi) is 11.3. The maximum Gasteiger partial charge on any atom is 0.416 e.